The van der Waals surface area contributed by atoms with Gasteiger partial charge in [0.25, 0.3) is 5.91 Å². The van der Waals surface area contributed by atoms with E-state index in [1.165, 1.54) is 0 Å². The number of ether oxygens (including phenoxy) is 3. The molecule has 0 spiro atoms. The number of nitrogens with one attached hydrogen (secondary N) is 3. The molecule has 3 N–H and O–H groups in total. The van der Waals surface area contributed by atoms with Crippen LogP contribution in [0.5, 0.6) is 17.2 Å². The molecule has 0 radical (unpaired) electrons. The van der Waals surface area contributed by atoms with Gasteiger partial charge in [-0.3, -0.25) is 9.79 Å². The number of nitrogens with zero attached hydrogens (tertiary/aromatic N) is 1. The minimum Gasteiger partial charge on any atom is -0.493 e. The fraction of sp³-hybridized carbons (Fsp3) is 0.333. The third-order valence-corrected chi connectivity index (χ3v) is 4.31. The van der Waals surface area contributed by atoms with E-state index in [1.807, 2.05) is 24.3 Å². The average Bonchev–Trinajstić information content (AvgIpc) is 2.78. The molecule has 1 amide bonds. The molecule has 2 aromatic carbocycles. The third kappa shape index (κ3) is 6.68. The van der Waals surface area contributed by atoms with Crippen molar-refractivity contribution >= 4 is 35.8 Å². The highest BCUT2D eigenvalue weighted by Gasteiger charge is 2.13. The number of benzene rings is 2. The zero-order valence-electron chi connectivity index (χ0n) is 17.9. The first-order valence-electron chi connectivity index (χ1n) is 9.10. The molecule has 0 bridgehead atoms. The summed E-state index contributed by atoms with van der Waals surface area (Å²) in [6.07, 6.45) is 0. The van der Waals surface area contributed by atoms with Crippen LogP contribution >= 0.6 is 24.0 Å². The van der Waals surface area contributed by atoms with Crippen LogP contribution in [-0.2, 0) is 13.1 Å². The quantitative estimate of drug-likeness (QED) is 0.277. The second kappa shape index (κ2) is 12.8. The first kappa shape index (κ1) is 25.3. The van der Waals surface area contributed by atoms with E-state index < -0.39 is 0 Å². The van der Waals surface area contributed by atoms with E-state index >= 15 is 0 Å². The molecule has 0 atom stereocenters. The van der Waals surface area contributed by atoms with Gasteiger partial charge in [0.05, 0.1) is 21.3 Å². The molecule has 0 heterocycles. The molecule has 0 aromatic heterocycles. The average molecular weight is 528 g/mol. The van der Waals surface area contributed by atoms with Gasteiger partial charge in [-0.1, -0.05) is 12.1 Å². The minimum atomic E-state index is -0.104. The summed E-state index contributed by atoms with van der Waals surface area (Å²) in [5, 5.41) is 9.11. The molecule has 0 aliphatic heterocycles. The maximum atomic E-state index is 11.6. The Kier molecular flexibility index (Phi) is 10.8. The molecule has 0 saturated carbocycles. The van der Waals surface area contributed by atoms with Gasteiger partial charge in [0.15, 0.2) is 17.5 Å². The van der Waals surface area contributed by atoms with Crippen molar-refractivity contribution in [2.75, 3.05) is 35.4 Å². The van der Waals surface area contributed by atoms with Crippen LogP contribution < -0.4 is 30.2 Å². The molecule has 30 heavy (non-hydrogen) atoms. The van der Waals surface area contributed by atoms with Gasteiger partial charge in [-0.05, 0) is 35.4 Å². The van der Waals surface area contributed by atoms with Gasteiger partial charge in [-0.2, -0.15) is 0 Å². The minimum absolute atomic E-state index is 0. The van der Waals surface area contributed by atoms with Crippen molar-refractivity contribution in [1.82, 2.24) is 16.0 Å². The van der Waals surface area contributed by atoms with Crippen LogP contribution in [0.4, 0.5) is 0 Å². The van der Waals surface area contributed by atoms with Crippen molar-refractivity contribution in [3.8, 4) is 17.2 Å². The van der Waals surface area contributed by atoms with Gasteiger partial charge in [-0.25, -0.2) is 0 Å². The lowest BCUT2D eigenvalue weighted by atomic mass is 10.1. The second-order valence-corrected chi connectivity index (χ2v) is 6.09. The Balaban J connectivity index is 0.00000450. The van der Waals surface area contributed by atoms with Crippen LogP contribution in [0.2, 0.25) is 0 Å². The summed E-state index contributed by atoms with van der Waals surface area (Å²) in [4.78, 5) is 15.8. The fourth-order valence-corrected chi connectivity index (χ4v) is 2.75. The van der Waals surface area contributed by atoms with E-state index in [2.05, 4.69) is 20.9 Å². The van der Waals surface area contributed by atoms with Gasteiger partial charge >= 0.3 is 0 Å². The summed E-state index contributed by atoms with van der Waals surface area (Å²) in [7, 11) is 8.07. The maximum absolute atomic E-state index is 11.6. The van der Waals surface area contributed by atoms with Crippen molar-refractivity contribution in [3.05, 3.63) is 53.1 Å². The molecule has 0 unspecified atom stereocenters. The predicted molar refractivity (Wildman–Crippen MR) is 128 cm³/mol. The monoisotopic (exact) mass is 528 g/mol. The third-order valence-electron chi connectivity index (χ3n) is 4.31. The molecule has 2 rings (SSSR count). The number of hydrogen-bond donors (Lipinski definition) is 3. The van der Waals surface area contributed by atoms with Gasteiger partial charge in [-0.15, -0.1) is 24.0 Å². The number of methoxy groups -OCH3 is 3. The Morgan fingerprint density at radius 3 is 1.87 bits per heavy atom. The van der Waals surface area contributed by atoms with Gasteiger partial charge in [0, 0.05) is 32.7 Å². The number of hydrogen-bond acceptors (Lipinski definition) is 5. The Morgan fingerprint density at radius 2 is 1.43 bits per heavy atom. The van der Waals surface area contributed by atoms with E-state index in [4.69, 9.17) is 14.2 Å². The van der Waals surface area contributed by atoms with E-state index in [0.29, 0.717) is 41.9 Å². The SMILES string of the molecule is CN=C(NCc1ccc(C(=O)NC)cc1)NCc1cc(OC)c(OC)c(OC)c1.I. The maximum Gasteiger partial charge on any atom is 0.251 e. The van der Waals surface area contributed by atoms with E-state index in [-0.39, 0.29) is 29.9 Å². The number of halogens is 1. The zero-order valence-corrected chi connectivity index (χ0v) is 20.2. The lowest BCUT2D eigenvalue weighted by molar-refractivity contribution is 0.0963. The van der Waals surface area contributed by atoms with Crippen LogP contribution in [-0.4, -0.2) is 47.3 Å². The molecule has 2 aromatic rings. The highest BCUT2D eigenvalue weighted by molar-refractivity contribution is 14.0. The Morgan fingerprint density at radius 1 is 0.900 bits per heavy atom. The smallest absolute Gasteiger partial charge is 0.251 e. The summed E-state index contributed by atoms with van der Waals surface area (Å²) in [6.45, 7) is 1.09. The van der Waals surface area contributed by atoms with E-state index in [1.54, 1.807) is 47.6 Å². The highest BCUT2D eigenvalue weighted by Crippen LogP contribution is 2.38. The van der Waals surface area contributed by atoms with Crippen molar-refractivity contribution in [2.24, 2.45) is 4.99 Å². The van der Waals surface area contributed by atoms with Crippen molar-refractivity contribution in [1.29, 1.82) is 0 Å². The van der Waals surface area contributed by atoms with Crippen LogP contribution in [0.15, 0.2) is 41.4 Å². The van der Waals surface area contributed by atoms with Gasteiger partial charge in [0.2, 0.25) is 5.75 Å². The summed E-state index contributed by atoms with van der Waals surface area (Å²) in [5.41, 5.74) is 2.62. The second-order valence-electron chi connectivity index (χ2n) is 6.09. The molecule has 0 aliphatic carbocycles. The summed E-state index contributed by atoms with van der Waals surface area (Å²) >= 11 is 0. The predicted octanol–water partition coefficient (Wildman–Crippen LogP) is 2.56. The molecule has 0 saturated heterocycles. The molecular weight excluding hydrogens is 499 g/mol. The topological polar surface area (TPSA) is 93.2 Å². The molecule has 8 nitrogen and oxygen atoms in total. The standard InChI is InChI=1S/C21H28N4O4.HI/c1-22-20(26)16-8-6-14(7-9-16)12-24-21(23-2)25-13-15-10-17(27-3)19(29-5)18(11-15)28-4;/h6-11H,12-13H2,1-5H3,(H,22,26)(H2,23,24,25);1H. The molecule has 9 heteroatoms. The number of rotatable bonds is 8. The molecule has 0 fully saturated rings. The summed E-state index contributed by atoms with van der Waals surface area (Å²) < 4.78 is 16.1. The van der Waals surface area contributed by atoms with E-state index in [0.717, 1.165) is 11.1 Å². The first-order chi connectivity index (χ1) is 14.1. The Hall–Kier alpha value is -2.69. The number of carbonyl (C=O) groups is 1. The van der Waals surface area contributed by atoms with Crippen molar-refractivity contribution in [2.45, 2.75) is 13.1 Å². The highest BCUT2D eigenvalue weighted by atomic mass is 127. The van der Waals surface area contributed by atoms with Crippen LogP contribution in [0.25, 0.3) is 0 Å². The largest absolute Gasteiger partial charge is 0.493 e. The normalized spacial score (nSPS) is 10.5. The molecule has 164 valence electrons. The van der Waals surface area contributed by atoms with Gasteiger partial charge in [0.1, 0.15) is 0 Å². The number of guanidine groups is 1. The van der Waals surface area contributed by atoms with Crippen molar-refractivity contribution < 1.29 is 19.0 Å². The zero-order chi connectivity index (χ0) is 21.2. The fourth-order valence-electron chi connectivity index (χ4n) is 2.75. The van der Waals surface area contributed by atoms with Crippen LogP contribution in [0.3, 0.4) is 0 Å². The van der Waals surface area contributed by atoms with Gasteiger partial charge < -0.3 is 30.2 Å². The number of amides is 1. The Labute approximate surface area is 194 Å². The number of carbonyl (C=O) groups excluding carboxylic acids is 1. The number of aliphatic imine (C=N–C) groups is 1. The van der Waals surface area contributed by atoms with E-state index in [9.17, 15) is 4.79 Å². The molecule has 0 aliphatic rings. The first-order valence-corrected chi connectivity index (χ1v) is 9.10. The van der Waals surface area contributed by atoms with Crippen molar-refractivity contribution in [3.63, 3.8) is 0 Å². The summed E-state index contributed by atoms with van der Waals surface area (Å²) in [6, 6.07) is 11.2. The summed E-state index contributed by atoms with van der Waals surface area (Å²) in [5.74, 6) is 2.30. The molecular formula is C21H29IN4O4. The lowest BCUT2D eigenvalue weighted by Crippen LogP contribution is -2.36. The van der Waals surface area contributed by atoms with Crippen LogP contribution in [0.1, 0.15) is 21.5 Å². The van der Waals surface area contributed by atoms with Crippen LogP contribution in [0, 0.1) is 0 Å². The lowest BCUT2D eigenvalue weighted by Gasteiger charge is -2.16. The Bertz CT molecular complexity index is 832.